The summed E-state index contributed by atoms with van der Waals surface area (Å²) in [6, 6.07) is 3.00. The fraction of sp³-hybridized carbons (Fsp3) is 0.500. The molecule has 11 nitrogen and oxygen atoms in total. The number of hydrogen-bond acceptors (Lipinski definition) is 9. The maximum absolute atomic E-state index is 13.4. The van der Waals surface area contributed by atoms with E-state index in [9.17, 15) is 35.9 Å². The quantitative estimate of drug-likeness (QED) is 0.413. The van der Waals surface area contributed by atoms with E-state index in [4.69, 9.17) is 31.8 Å². The number of nitrogens with zero attached hydrogens (tertiary/aromatic N) is 3. The molecule has 3 rings (SSSR count). The molecule has 4 N–H and O–H groups in total. The molecule has 1 aliphatic heterocycles. The molecular weight excluding hydrogens is 552 g/mol. The van der Waals surface area contributed by atoms with Crippen LogP contribution in [0.3, 0.4) is 0 Å². The van der Waals surface area contributed by atoms with Gasteiger partial charge in [0, 0.05) is 25.0 Å². The molecule has 1 saturated heterocycles. The number of carboxylic acids is 1. The number of aliphatic carboxylic acids is 1. The standard InChI is InChI=1S/C18H22ClFN4O5S.C2HF3O2/c1-30(27,28)11-2-3-12(14(19)8-11)16-22-17(29-23-16)13(5-7-25)15(21)18(26)24-6-4-10(20)9-24;3-2(4,5)1(6)7/h2-3,8,10,13,15,25H,4-7,9,21H2,1H3;(H,6,7)/t10-,13-,15-;/m0./s1. The molecule has 0 aliphatic carbocycles. The zero-order valence-electron chi connectivity index (χ0n) is 19.2. The van der Waals surface area contributed by atoms with Crippen LogP contribution < -0.4 is 5.73 Å². The van der Waals surface area contributed by atoms with Gasteiger partial charge in [-0.2, -0.15) is 18.2 Å². The topological polar surface area (TPSA) is 177 Å². The number of aliphatic hydroxyl groups excluding tert-OH is 1. The van der Waals surface area contributed by atoms with E-state index in [2.05, 4.69) is 10.1 Å². The Hall–Kier alpha value is -2.82. The highest BCUT2D eigenvalue weighted by Crippen LogP contribution is 2.31. The van der Waals surface area contributed by atoms with Gasteiger partial charge in [-0.15, -0.1) is 0 Å². The van der Waals surface area contributed by atoms with Crippen molar-refractivity contribution in [3.63, 3.8) is 0 Å². The molecule has 1 aromatic carbocycles. The summed E-state index contributed by atoms with van der Waals surface area (Å²) < 4.78 is 73.8. The molecule has 3 atom stereocenters. The summed E-state index contributed by atoms with van der Waals surface area (Å²) in [5.41, 5.74) is 6.44. The molecule has 0 unspecified atom stereocenters. The van der Waals surface area contributed by atoms with E-state index in [1.165, 1.54) is 23.1 Å². The third-order valence-electron chi connectivity index (χ3n) is 5.21. The minimum atomic E-state index is -5.08. The van der Waals surface area contributed by atoms with Gasteiger partial charge in [0.15, 0.2) is 9.84 Å². The highest BCUT2D eigenvalue weighted by atomic mass is 35.5. The number of carboxylic acid groups (broad SMARTS) is 1. The number of likely N-dealkylation sites (tertiary alicyclic amines) is 1. The van der Waals surface area contributed by atoms with Crippen LogP contribution in [-0.2, 0) is 19.4 Å². The Morgan fingerprint density at radius 3 is 2.43 bits per heavy atom. The zero-order chi connectivity index (χ0) is 28.1. The summed E-state index contributed by atoms with van der Waals surface area (Å²) in [6.07, 6.45) is -4.75. The summed E-state index contributed by atoms with van der Waals surface area (Å²) in [5.74, 6) is -3.88. The molecule has 0 saturated carbocycles. The second kappa shape index (κ2) is 12.1. The number of halogens is 5. The van der Waals surface area contributed by atoms with E-state index in [1.807, 2.05) is 0 Å². The normalized spacial score (nSPS) is 17.6. The van der Waals surface area contributed by atoms with Gasteiger partial charge in [0.25, 0.3) is 0 Å². The van der Waals surface area contributed by atoms with Crippen molar-refractivity contribution in [3.05, 3.63) is 29.1 Å². The summed E-state index contributed by atoms with van der Waals surface area (Å²) in [7, 11) is -3.43. The molecule has 2 heterocycles. The number of benzene rings is 1. The van der Waals surface area contributed by atoms with Crippen LogP contribution in [0.2, 0.25) is 5.02 Å². The predicted octanol–water partition coefficient (Wildman–Crippen LogP) is 1.79. The van der Waals surface area contributed by atoms with Gasteiger partial charge in [0.05, 0.1) is 28.4 Å². The van der Waals surface area contributed by atoms with Crippen molar-refractivity contribution in [2.24, 2.45) is 5.73 Å². The van der Waals surface area contributed by atoms with E-state index in [1.54, 1.807) is 0 Å². The average Bonchev–Trinajstić information content (AvgIpc) is 3.45. The van der Waals surface area contributed by atoms with Crippen LogP contribution in [0.15, 0.2) is 27.6 Å². The molecule has 0 bridgehead atoms. The van der Waals surface area contributed by atoms with Gasteiger partial charge in [-0.3, -0.25) is 4.79 Å². The first-order chi connectivity index (χ1) is 17.1. The number of amides is 1. The summed E-state index contributed by atoms with van der Waals surface area (Å²) in [6.45, 7) is -0.0222. The van der Waals surface area contributed by atoms with Gasteiger partial charge in [0.1, 0.15) is 6.17 Å². The van der Waals surface area contributed by atoms with E-state index in [0.29, 0.717) is 5.56 Å². The Morgan fingerprint density at radius 1 is 1.35 bits per heavy atom. The molecule has 0 radical (unpaired) electrons. The summed E-state index contributed by atoms with van der Waals surface area (Å²) in [4.78, 5) is 27.2. The van der Waals surface area contributed by atoms with Crippen molar-refractivity contribution in [3.8, 4) is 11.4 Å². The molecule has 206 valence electrons. The van der Waals surface area contributed by atoms with Gasteiger partial charge < -0.3 is 25.4 Å². The molecule has 17 heteroatoms. The lowest BCUT2D eigenvalue weighted by Gasteiger charge is -2.24. The number of carbonyl (C=O) groups excluding carboxylic acids is 1. The number of hydrogen-bond donors (Lipinski definition) is 3. The van der Waals surface area contributed by atoms with Crippen LogP contribution in [0.25, 0.3) is 11.4 Å². The average molecular weight is 575 g/mol. The van der Waals surface area contributed by atoms with Crippen LogP contribution >= 0.6 is 11.6 Å². The third kappa shape index (κ3) is 8.08. The van der Waals surface area contributed by atoms with Crippen molar-refractivity contribution in [1.82, 2.24) is 15.0 Å². The molecule has 37 heavy (non-hydrogen) atoms. The van der Waals surface area contributed by atoms with Gasteiger partial charge >= 0.3 is 12.1 Å². The largest absolute Gasteiger partial charge is 0.490 e. The van der Waals surface area contributed by atoms with Crippen molar-refractivity contribution in [1.29, 1.82) is 0 Å². The smallest absolute Gasteiger partial charge is 0.475 e. The van der Waals surface area contributed by atoms with E-state index in [0.717, 1.165) is 6.26 Å². The number of rotatable bonds is 7. The Bertz CT molecular complexity index is 1230. The second-order valence-corrected chi connectivity index (χ2v) is 10.4. The first-order valence-electron chi connectivity index (χ1n) is 10.5. The van der Waals surface area contributed by atoms with Crippen LogP contribution in [0.1, 0.15) is 24.7 Å². The fourth-order valence-electron chi connectivity index (χ4n) is 3.30. The molecular formula is C20H23ClF4N4O7S. The highest BCUT2D eigenvalue weighted by Gasteiger charge is 2.38. The zero-order valence-corrected chi connectivity index (χ0v) is 20.7. The number of alkyl halides is 4. The van der Waals surface area contributed by atoms with E-state index in [-0.39, 0.29) is 54.2 Å². The SMILES string of the molecule is CS(=O)(=O)c1ccc(-c2noc([C@@H](CCO)[C@H](N)C(=O)N3CC[C@H](F)C3)n2)c(Cl)c1.O=C(O)C(F)(F)F. The number of sulfone groups is 1. The van der Waals surface area contributed by atoms with Gasteiger partial charge in [0.2, 0.25) is 17.6 Å². The molecule has 2 aromatic rings. The Balaban J connectivity index is 0.000000604. The lowest BCUT2D eigenvalue weighted by molar-refractivity contribution is -0.192. The van der Waals surface area contributed by atoms with E-state index >= 15 is 0 Å². The fourth-order valence-corrected chi connectivity index (χ4v) is 4.28. The summed E-state index contributed by atoms with van der Waals surface area (Å²) >= 11 is 6.19. The number of carbonyl (C=O) groups is 2. The molecule has 0 spiro atoms. The monoisotopic (exact) mass is 574 g/mol. The van der Waals surface area contributed by atoms with Crippen LogP contribution in [0.4, 0.5) is 17.6 Å². The van der Waals surface area contributed by atoms with Crippen LogP contribution in [0.5, 0.6) is 0 Å². The molecule has 1 aliphatic rings. The number of aromatic nitrogens is 2. The van der Waals surface area contributed by atoms with Crippen molar-refractivity contribution < 1.29 is 50.3 Å². The van der Waals surface area contributed by atoms with Crippen molar-refractivity contribution in [2.75, 3.05) is 26.0 Å². The minimum Gasteiger partial charge on any atom is -0.475 e. The molecule has 1 amide bonds. The molecule has 1 aromatic heterocycles. The van der Waals surface area contributed by atoms with E-state index < -0.39 is 46.0 Å². The summed E-state index contributed by atoms with van der Waals surface area (Å²) in [5, 5.41) is 20.5. The Labute approximate surface area is 213 Å². The van der Waals surface area contributed by atoms with Crippen molar-refractivity contribution in [2.45, 2.75) is 42.0 Å². The number of nitrogens with two attached hydrogens (primary N) is 1. The first-order valence-corrected chi connectivity index (χ1v) is 12.8. The Morgan fingerprint density at radius 2 is 1.97 bits per heavy atom. The lowest BCUT2D eigenvalue weighted by atomic mass is 9.95. The van der Waals surface area contributed by atoms with Crippen molar-refractivity contribution >= 4 is 33.3 Å². The lowest BCUT2D eigenvalue weighted by Crippen LogP contribution is -2.46. The maximum Gasteiger partial charge on any atom is 0.490 e. The van der Waals surface area contributed by atoms with Gasteiger partial charge in [-0.25, -0.2) is 17.6 Å². The Kier molecular flexibility index (Phi) is 9.98. The van der Waals surface area contributed by atoms with Crippen LogP contribution in [0, 0.1) is 0 Å². The first kappa shape index (κ1) is 30.4. The van der Waals surface area contributed by atoms with Crippen LogP contribution in [-0.4, -0.2) is 89.9 Å². The third-order valence-corrected chi connectivity index (χ3v) is 6.64. The second-order valence-electron chi connectivity index (χ2n) is 7.99. The molecule has 1 fully saturated rings. The minimum absolute atomic E-state index is 0.0181. The van der Waals surface area contributed by atoms with Gasteiger partial charge in [-0.1, -0.05) is 16.8 Å². The van der Waals surface area contributed by atoms with Gasteiger partial charge in [-0.05, 0) is 31.0 Å². The maximum atomic E-state index is 13.4. The highest BCUT2D eigenvalue weighted by molar-refractivity contribution is 7.90. The predicted molar refractivity (Wildman–Crippen MR) is 120 cm³/mol. The number of aliphatic hydroxyl groups is 1.